The van der Waals surface area contributed by atoms with Crippen molar-refractivity contribution < 1.29 is 4.39 Å². The van der Waals surface area contributed by atoms with Crippen LogP contribution in [0.1, 0.15) is 5.56 Å². The highest BCUT2D eigenvalue weighted by molar-refractivity contribution is 7.97. The number of halogens is 1. The number of nitrogens with zero attached hydrogens (tertiary/aromatic N) is 1. The lowest BCUT2D eigenvalue weighted by molar-refractivity contribution is 0.260. The van der Waals surface area contributed by atoms with Gasteiger partial charge >= 0.3 is 0 Å². The van der Waals surface area contributed by atoms with Gasteiger partial charge in [-0.05, 0) is 53.4 Å². The molecule has 23 heavy (non-hydrogen) atoms. The van der Waals surface area contributed by atoms with E-state index in [0.29, 0.717) is 6.04 Å². The Balaban J connectivity index is 1.52. The van der Waals surface area contributed by atoms with E-state index in [1.807, 2.05) is 24.2 Å². The first-order valence-electron chi connectivity index (χ1n) is 7.83. The van der Waals surface area contributed by atoms with E-state index in [2.05, 4.69) is 32.8 Å². The van der Waals surface area contributed by atoms with Crippen molar-refractivity contribution in [2.45, 2.75) is 17.5 Å². The minimum Gasteiger partial charge on any atom is -0.360 e. The molecule has 3 heterocycles. The molecule has 0 spiro atoms. The summed E-state index contributed by atoms with van der Waals surface area (Å²) in [5, 5.41) is 4.40. The molecule has 0 amide bonds. The molecule has 0 radical (unpaired) electrons. The van der Waals surface area contributed by atoms with E-state index < -0.39 is 0 Å². The monoisotopic (exact) mass is 325 g/mol. The molecule has 116 valence electrons. The SMILES string of the molecule is Fc1ccc2c(-c3ccc4c(c3)CN(C3CNC3)S4)c[nH]c2c1. The zero-order valence-electron chi connectivity index (χ0n) is 12.5. The summed E-state index contributed by atoms with van der Waals surface area (Å²) in [5.74, 6) is -0.207. The van der Waals surface area contributed by atoms with Crippen LogP contribution in [0.25, 0.3) is 22.0 Å². The molecule has 5 heteroatoms. The predicted molar refractivity (Wildman–Crippen MR) is 91.8 cm³/mol. The van der Waals surface area contributed by atoms with Gasteiger partial charge in [0.05, 0.1) is 0 Å². The van der Waals surface area contributed by atoms with E-state index in [-0.39, 0.29) is 5.82 Å². The normalized spacial score (nSPS) is 18.3. The summed E-state index contributed by atoms with van der Waals surface area (Å²) in [6, 6.07) is 12.2. The maximum atomic E-state index is 13.4. The van der Waals surface area contributed by atoms with Gasteiger partial charge in [0.15, 0.2) is 0 Å². The summed E-state index contributed by atoms with van der Waals surface area (Å²) in [5.41, 5.74) is 4.56. The lowest BCUT2D eigenvalue weighted by Gasteiger charge is -2.34. The molecule has 0 aliphatic carbocycles. The minimum absolute atomic E-state index is 0.207. The Morgan fingerprint density at radius 3 is 2.87 bits per heavy atom. The van der Waals surface area contributed by atoms with E-state index in [1.165, 1.54) is 22.1 Å². The molecule has 2 aromatic carbocycles. The second-order valence-corrected chi connectivity index (χ2v) is 7.28. The third-order valence-electron chi connectivity index (χ3n) is 4.72. The van der Waals surface area contributed by atoms with Crippen LogP contribution in [0.4, 0.5) is 4.39 Å². The third-order valence-corrected chi connectivity index (χ3v) is 5.98. The van der Waals surface area contributed by atoms with E-state index in [0.717, 1.165) is 36.1 Å². The molecule has 2 N–H and O–H groups in total. The molecule has 0 atom stereocenters. The largest absolute Gasteiger partial charge is 0.360 e. The smallest absolute Gasteiger partial charge is 0.125 e. The Kier molecular flexibility index (Phi) is 3.01. The molecule has 1 fully saturated rings. The first kappa shape index (κ1) is 13.6. The van der Waals surface area contributed by atoms with Crippen LogP contribution in [0.3, 0.4) is 0 Å². The van der Waals surface area contributed by atoms with Crippen LogP contribution in [0.2, 0.25) is 0 Å². The van der Waals surface area contributed by atoms with E-state index in [4.69, 9.17) is 0 Å². The summed E-state index contributed by atoms with van der Waals surface area (Å²) in [7, 11) is 0. The first-order chi connectivity index (χ1) is 11.3. The van der Waals surface area contributed by atoms with Crippen LogP contribution in [0, 0.1) is 5.82 Å². The van der Waals surface area contributed by atoms with Crippen LogP contribution in [0.5, 0.6) is 0 Å². The number of fused-ring (bicyclic) bond motifs is 2. The molecule has 5 rings (SSSR count). The summed E-state index contributed by atoms with van der Waals surface area (Å²) in [6.07, 6.45) is 1.97. The number of H-pyrrole nitrogens is 1. The van der Waals surface area contributed by atoms with Crippen molar-refractivity contribution >= 4 is 22.9 Å². The first-order valence-corrected chi connectivity index (χ1v) is 8.60. The Bertz CT molecular complexity index is 900. The molecule has 1 aromatic heterocycles. The zero-order chi connectivity index (χ0) is 15.4. The van der Waals surface area contributed by atoms with Gasteiger partial charge in [-0.25, -0.2) is 8.70 Å². The van der Waals surface area contributed by atoms with Gasteiger partial charge in [0.1, 0.15) is 5.82 Å². The lowest BCUT2D eigenvalue weighted by atomic mass is 10.0. The Hall–Kier alpha value is -1.82. The van der Waals surface area contributed by atoms with Crippen LogP contribution in [-0.4, -0.2) is 28.4 Å². The second-order valence-electron chi connectivity index (χ2n) is 6.19. The summed E-state index contributed by atoms with van der Waals surface area (Å²) >= 11 is 1.87. The van der Waals surface area contributed by atoms with E-state index in [9.17, 15) is 4.39 Å². The highest BCUT2D eigenvalue weighted by Gasteiger charge is 2.30. The predicted octanol–water partition coefficient (Wildman–Crippen LogP) is 3.77. The molecular formula is C18H16FN3S. The fourth-order valence-corrected chi connectivity index (χ4v) is 4.43. The van der Waals surface area contributed by atoms with E-state index >= 15 is 0 Å². The summed E-state index contributed by atoms with van der Waals surface area (Å²) < 4.78 is 15.8. The van der Waals surface area contributed by atoms with Gasteiger partial charge in [0, 0.05) is 53.2 Å². The maximum absolute atomic E-state index is 13.4. The second kappa shape index (κ2) is 5.09. The molecular weight excluding hydrogens is 309 g/mol. The maximum Gasteiger partial charge on any atom is 0.125 e. The van der Waals surface area contributed by atoms with Crippen molar-refractivity contribution in [1.29, 1.82) is 0 Å². The van der Waals surface area contributed by atoms with Gasteiger partial charge in [0.25, 0.3) is 0 Å². The lowest BCUT2D eigenvalue weighted by Crippen LogP contribution is -2.53. The molecule has 0 bridgehead atoms. The number of aromatic nitrogens is 1. The Labute approximate surface area is 138 Å². The molecule has 0 unspecified atom stereocenters. The summed E-state index contributed by atoms with van der Waals surface area (Å²) in [4.78, 5) is 4.53. The fraction of sp³-hybridized carbons (Fsp3) is 0.222. The highest BCUT2D eigenvalue weighted by atomic mass is 32.2. The van der Waals surface area contributed by atoms with E-state index in [1.54, 1.807) is 6.07 Å². The number of nitrogens with one attached hydrogen (secondary N) is 2. The number of benzene rings is 2. The van der Waals surface area contributed by atoms with Crippen LogP contribution >= 0.6 is 11.9 Å². The number of rotatable bonds is 2. The van der Waals surface area contributed by atoms with Crippen molar-refractivity contribution in [2.24, 2.45) is 0 Å². The molecule has 2 aliphatic heterocycles. The van der Waals surface area contributed by atoms with Crippen molar-refractivity contribution in [1.82, 2.24) is 14.6 Å². The number of hydrogen-bond acceptors (Lipinski definition) is 3. The third kappa shape index (κ3) is 2.19. The van der Waals surface area contributed by atoms with Crippen LogP contribution in [-0.2, 0) is 6.54 Å². The molecule has 3 aromatic rings. The molecule has 1 saturated heterocycles. The highest BCUT2D eigenvalue weighted by Crippen LogP contribution is 2.40. The van der Waals surface area contributed by atoms with Gasteiger partial charge in [-0.15, -0.1) is 0 Å². The van der Waals surface area contributed by atoms with Crippen LogP contribution in [0.15, 0.2) is 47.5 Å². The van der Waals surface area contributed by atoms with Crippen molar-refractivity contribution in [3.8, 4) is 11.1 Å². The summed E-state index contributed by atoms with van der Waals surface area (Å²) in [6.45, 7) is 3.17. The Morgan fingerprint density at radius 2 is 2.04 bits per heavy atom. The fourth-order valence-electron chi connectivity index (χ4n) is 3.30. The van der Waals surface area contributed by atoms with Gasteiger partial charge < -0.3 is 10.3 Å². The van der Waals surface area contributed by atoms with Gasteiger partial charge in [0.2, 0.25) is 0 Å². The van der Waals surface area contributed by atoms with Crippen molar-refractivity contribution in [3.63, 3.8) is 0 Å². The molecule has 3 nitrogen and oxygen atoms in total. The van der Waals surface area contributed by atoms with Gasteiger partial charge in [-0.2, -0.15) is 0 Å². The Morgan fingerprint density at radius 1 is 1.13 bits per heavy atom. The van der Waals surface area contributed by atoms with Crippen LogP contribution < -0.4 is 5.32 Å². The van der Waals surface area contributed by atoms with Crippen molar-refractivity contribution in [3.05, 3.63) is 54.0 Å². The minimum atomic E-state index is -0.207. The number of aromatic amines is 1. The quantitative estimate of drug-likeness (QED) is 0.703. The average Bonchev–Trinajstić information content (AvgIpc) is 3.07. The topological polar surface area (TPSA) is 31.1 Å². The molecule has 0 saturated carbocycles. The van der Waals surface area contributed by atoms with Gasteiger partial charge in [-0.1, -0.05) is 6.07 Å². The standard InChI is InChI=1S/C18H16FN3S/c19-13-2-3-15-16(9-21-17(15)6-13)11-1-4-18-12(5-11)10-22(23-18)14-7-20-8-14/h1-6,9,14,20-21H,7-8,10H2. The van der Waals surface area contributed by atoms with Crippen molar-refractivity contribution in [2.75, 3.05) is 13.1 Å². The average molecular weight is 325 g/mol. The van der Waals surface area contributed by atoms with Gasteiger partial charge in [-0.3, -0.25) is 0 Å². The number of hydrogen-bond donors (Lipinski definition) is 2. The zero-order valence-corrected chi connectivity index (χ0v) is 13.3. The molecule has 2 aliphatic rings.